The van der Waals surface area contributed by atoms with Gasteiger partial charge in [-0.15, -0.1) is 0 Å². The normalized spacial score (nSPS) is 11.1. The van der Waals surface area contributed by atoms with Crippen LogP contribution in [0.4, 0.5) is 0 Å². The average Bonchev–Trinajstić information content (AvgIpc) is 2.39. The van der Waals surface area contributed by atoms with E-state index in [-0.39, 0.29) is 11.9 Å². The molecule has 20 heavy (non-hydrogen) atoms. The van der Waals surface area contributed by atoms with Gasteiger partial charge in [0.25, 0.3) is 0 Å². The van der Waals surface area contributed by atoms with E-state index in [4.69, 9.17) is 4.74 Å². The Labute approximate surface area is 124 Å². The van der Waals surface area contributed by atoms with Crippen LogP contribution in [0.15, 0.2) is 0 Å². The molecule has 0 saturated carbocycles. The smallest absolute Gasteiger partial charge is 0.302 e. The van der Waals surface area contributed by atoms with Gasteiger partial charge in [0.05, 0.1) is 13.2 Å². The molecule has 0 rings (SSSR count). The van der Waals surface area contributed by atoms with Crippen molar-refractivity contribution in [3.05, 3.63) is 0 Å². The third kappa shape index (κ3) is 19.3. The predicted octanol–water partition coefficient (Wildman–Crippen LogP) is 4.12. The second-order valence-electron chi connectivity index (χ2n) is 4.91. The molecule has 4 nitrogen and oxygen atoms in total. The predicted molar refractivity (Wildman–Crippen MR) is 81.5 cm³/mol. The van der Waals surface area contributed by atoms with Gasteiger partial charge in [-0.2, -0.15) is 0 Å². The fourth-order valence-corrected chi connectivity index (χ4v) is 1.49. The third-order valence-electron chi connectivity index (χ3n) is 2.87. The Kier molecular flexibility index (Phi) is 17.0. The highest BCUT2D eigenvalue weighted by atomic mass is 16.5. The standard InChI is InChI=1S/C10H20O2.C6H12O2/c1-4-6-7-10(5-2)8-12-9(3)11;1-3-4-5-8-6(2)7/h10H,4-8H2,1-3H3;3-5H2,1-2H3. The highest BCUT2D eigenvalue weighted by molar-refractivity contribution is 5.66. The van der Waals surface area contributed by atoms with Crippen molar-refractivity contribution in [3.8, 4) is 0 Å². The molecular formula is C16H32O4. The Hall–Kier alpha value is -1.06. The van der Waals surface area contributed by atoms with Crippen LogP contribution in [0.1, 0.15) is 73.1 Å². The summed E-state index contributed by atoms with van der Waals surface area (Å²) in [6.45, 7) is 10.5. The van der Waals surface area contributed by atoms with Gasteiger partial charge < -0.3 is 9.47 Å². The molecular weight excluding hydrogens is 256 g/mol. The van der Waals surface area contributed by atoms with E-state index in [1.807, 2.05) is 0 Å². The van der Waals surface area contributed by atoms with Crippen molar-refractivity contribution in [1.29, 1.82) is 0 Å². The van der Waals surface area contributed by atoms with E-state index in [9.17, 15) is 9.59 Å². The van der Waals surface area contributed by atoms with Gasteiger partial charge in [-0.3, -0.25) is 9.59 Å². The van der Waals surface area contributed by atoms with Gasteiger partial charge in [0.2, 0.25) is 0 Å². The Bertz CT molecular complexity index is 239. The van der Waals surface area contributed by atoms with E-state index in [0.717, 1.165) is 19.3 Å². The Morgan fingerprint density at radius 1 is 0.900 bits per heavy atom. The molecule has 1 atom stereocenters. The maximum absolute atomic E-state index is 10.5. The molecule has 0 fully saturated rings. The number of ether oxygens (including phenoxy) is 2. The van der Waals surface area contributed by atoms with E-state index in [0.29, 0.717) is 19.1 Å². The highest BCUT2D eigenvalue weighted by Gasteiger charge is 2.06. The van der Waals surface area contributed by atoms with Crippen LogP contribution in [0.5, 0.6) is 0 Å². The summed E-state index contributed by atoms with van der Waals surface area (Å²) in [6.07, 6.45) is 6.79. The molecule has 0 heterocycles. The fraction of sp³-hybridized carbons (Fsp3) is 0.875. The molecule has 0 radical (unpaired) electrons. The number of hydrogen-bond donors (Lipinski definition) is 0. The van der Waals surface area contributed by atoms with Crippen molar-refractivity contribution in [3.63, 3.8) is 0 Å². The minimum Gasteiger partial charge on any atom is -0.466 e. The lowest BCUT2D eigenvalue weighted by molar-refractivity contribution is -0.142. The van der Waals surface area contributed by atoms with Crippen LogP contribution < -0.4 is 0 Å². The van der Waals surface area contributed by atoms with Gasteiger partial charge in [0.1, 0.15) is 0 Å². The first-order chi connectivity index (χ1) is 9.47. The monoisotopic (exact) mass is 288 g/mol. The Morgan fingerprint density at radius 3 is 1.85 bits per heavy atom. The number of hydrogen-bond acceptors (Lipinski definition) is 4. The van der Waals surface area contributed by atoms with Crippen molar-refractivity contribution in [2.75, 3.05) is 13.2 Å². The first kappa shape index (κ1) is 21.2. The van der Waals surface area contributed by atoms with E-state index in [1.165, 1.54) is 33.1 Å². The first-order valence-electron chi connectivity index (χ1n) is 7.74. The molecule has 0 amide bonds. The van der Waals surface area contributed by atoms with E-state index in [2.05, 4.69) is 25.5 Å². The molecule has 0 aromatic carbocycles. The van der Waals surface area contributed by atoms with Gasteiger partial charge >= 0.3 is 11.9 Å². The topological polar surface area (TPSA) is 52.6 Å². The van der Waals surface area contributed by atoms with E-state index in [1.54, 1.807) is 0 Å². The highest BCUT2D eigenvalue weighted by Crippen LogP contribution is 2.12. The quantitative estimate of drug-likeness (QED) is 0.473. The Balaban J connectivity index is 0. The molecule has 0 saturated heterocycles. The van der Waals surface area contributed by atoms with E-state index >= 15 is 0 Å². The molecule has 4 heteroatoms. The summed E-state index contributed by atoms with van der Waals surface area (Å²) in [7, 11) is 0. The number of rotatable bonds is 9. The molecule has 0 bridgehead atoms. The summed E-state index contributed by atoms with van der Waals surface area (Å²) in [5.74, 6) is 0.220. The third-order valence-corrected chi connectivity index (χ3v) is 2.87. The van der Waals surface area contributed by atoms with Crippen molar-refractivity contribution >= 4 is 11.9 Å². The zero-order valence-corrected chi connectivity index (χ0v) is 13.9. The molecule has 0 aliphatic heterocycles. The van der Waals surface area contributed by atoms with Gasteiger partial charge in [-0.25, -0.2) is 0 Å². The molecule has 1 unspecified atom stereocenters. The molecule has 0 N–H and O–H groups in total. The second-order valence-corrected chi connectivity index (χ2v) is 4.91. The molecule has 0 aliphatic rings. The first-order valence-corrected chi connectivity index (χ1v) is 7.74. The van der Waals surface area contributed by atoms with Gasteiger partial charge in [-0.1, -0.05) is 46.5 Å². The number of unbranched alkanes of at least 4 members (excludes halogenated alkanes) is 2. The number of carbonyl (C=O) groups is 2. The second kappa shape index (κ2) is 16.0. The van der Waals surface area contributed by atoms with Gasteiger partial charge in [0.15, 0.2) is 0 Å². The lowest BCUT2D eigenvalue weighted by Gasteiger charge is -2.13. The Morgan fingerprint density at radius 2 is 1.45 bits per heavy atom. The van der Waals surface area contributed by atoms with Crippen LogP contribution in [0.25, 0.3) is 0 Å². The summed E-state index contributed by atoms with van der Waals surface area (Å²) in [6, 6.07) is 0. The summed E-state index contributed by atoms with van der Waals surface area (Å²) in [4.78, 5) is 20.6. The van der Waals surface area contributed by atoms with Crippen LogP contribution in [0, 0.1) is 5.92 Å². The van der Waals surface area contributed by atoms with Crippen molar-refractivity contribution in [2.24, 2.45) is 5.92 Å². The van der Waals surface area contributed by atoms with Crippen LogP contribution in [-0.2, 0) is 19.1 Å². The zero-order chi connectivity index (χ0) is 15.8. The van der Waals surface area contributed by atoms with Gasteiger partial charge in [0, 0.05) is 13.8 Å². The SMILES string of the molecule is CCCCC(CC)COC(C)=O.CCCCOC(C)=O. The molecule has 0 aromatic rings. The summed E-state index contributed by atoms with van der Waals surface area (Å²) in [5.41, 5.74) is 0. The minimum absolute atomic E-state index is 0.162. The summed E-state index contributed by atoms with van der Waals surface area (Å²) in [5, 5.41) is 0. The summed E-state index contributed by atoms with van der Waals surface area (Å²) >= 11 is 0. The maximum Gasteiger partial charge on any atom is 0.302 e. The lowest BCUT2D eigenvalue weighted by atomic mass is 10.0. The molecule has 120 valence electrons. The number of carbonyl (C=O) groups excluding carboxylic acids is 2. The summed E-state index contributed by atoms with van der Waals surface area (Å²) < 4.78 is 9.60. The molecule has 0 aliphatic carbocycles. The van der Waals surface area contributed by atoms with Gasteiger partial charge in [-0.05, 0) is 18.8 Å². The van der Waals surface area contributed by atoms with Crippen molar-refractivity contribution in [2.45, 2.75) is 73.1 Å². The van der Waals surface area contributed by atoms with Crippen LogP contribution in [0.3, 0.4) is 0 Å². The maximum atomic E-state index is 10.5. The molecule has 0 aromatic heterocycles. The zero-order valence-electron chi connectivity index (χ0n) is 13.9. The van der Waals surface area contributed by atoms with E-state index < -0.39 is 0 Å². The lowest BCUT2D eigenvalue weighted by Crippen LogP contribution is -2.11. The van der Waals surface area contributed by atoms with Crippen LogP contribution >= 0.6 is 0 Å². The average molecular weight is 288 g/mol. The largest absolute Gasteiger partial charge is 0.466 e. The fourth-order valence-electron chi connectivity index (χ4n) is 1.49. The number of esters is 2. The van der Waals surface area contributed by atoms with Crippen LogP contribution in [0.2, 0.25) is 0 Å². The van der Waals surface area contributed by atoms with Crippen molar-refractivity contribution in [1.82, 2.24) is 0 Å². The van der Waals surface area contributed by atoms with Crippen LogP contribution in [-0.4, -0.2) is 25.2 Å². The van der Waals surface area contributed by atoms with Crippen molar-refractivity contribution < 1.29 is 19.1 Å². The minimum atomic E-state index is -0.182. The molecule has 0 spiro atoms.